The Bertz CT molecular complexity index is 559. The van der Waals surface area contributed by atoms with Gasteiger partial charge in [-0.2, -0.15) is 0 Å². The number of hydrogen-bond acceptors (Lipinski definition) is 4. The molecule has 0 bridgehead atoms. The predicted molar refractivity (Wildman–Crippen MR) is 100 cm³/mol. The second-order valence-corrected chi connectivity index (χ2v) is 8.49. The van der Waals surface area contributed by atoms with Crippen molar-refractivity contribution in [2.75, 3.05) is 13.1 Å². The highest BCUT2D eigenvalue weighted by Gasteiger charge is 1.93. The van der Waals surface area contributed by atoms with Crippen molar-refractivity contribution in [1.82, 2.24) is 9.97 Å². The fourth-order valence-electron chi connectivity index (χ4n) is 2.06. The summed E-state index contributed by atoms with van der Waals surface area (Å²) in [6.07, 6.45) is 12.5. The van der Waals surface area contributed by atoms with E-state index in [0.717, 1.165) is 53.2 Å². The molecule has 2 atom stereocenters. The van der Waals surface area contributed by atoms with Crippen LogP contribution < -0.4 is 0 Å². The van der Waals surface area contributed by atoms with Gasteiger partial charge in [0.25, 0.3) is 0 Å². The van der Waals surface area contributed by atoms with Crippen LogP contribution in [-0.4, -0.2) is 35.5 Å². The quantitative estimate of drug-likeness (QED) is 0.508. The number of aryl methyl sites for hydroxylation is 2. The largest absolute Gasteiger partial charge is 0.291 e. The molecule has 2 aromatic rings. The SMILES string of the molecule is Cc1cnc(C=NCCCCCCN=Cc2ncc(C)[pH]2)[pH]1. The maximum absolute atomic E-state index is 4.45. The molecule has 0 saturated heterocycles. The molecule has 0 amide bonds. The molecule has 2 aromatic heterocycles. The van der Waals surface area contributed by atoms with Gasteiger partial charge in [-0.25, -0.2) is 0 Å². The minimum atomic E-state index is 0.719. The Kier molecular flexibility index (Phi) is 7.56. The molecule has 2 heterocycles. The molecule has 0 fully saturated rings. The minimum absolute atomic E-state index is 0.719. The van der Waals surface area contributed by atoms with Crippen LogP contribution in [0.1, 0.15) is 47.1 Å². The summed E-state index contributed by atoms with van der Waals surface area (Å²) < 4.78 is 0. The summed E-state index contributed by atoms with van der Waals surface area (Å²) in [5, 5.41) is 2.69. The van der Waals surface area contributed by atoms with Crippen LogP contribution in [0.15, 0.2) is 22.4 Å². The molecule has 0 spiro atoms. The van der Waals surface area contributed by atoms with E-state index in [1.807, 2.05) is 24.8 Å². The van der Waals surface area contributed by atoms with E-state index in [1.165, 1.54) is 23.4 Å². The van der Waals surface area contributed by atoms with Gasteiger partial charge in [0.2, 0.25) is 0 Å². The van der Waals surface area contributed by atoms with Gasteiger partial charge >= 0.3 is 0 Å². The number of unbranched alkanes of at least 4 members (excludes halogenated alkanes) is 3. The average molecular weight is 334 g/mol. The van der Waals surface area contributed by atoms with E-state index in [-0.39, 0.29) is 0 Å². The van der Waals surface area contributed by atoms with Gasteiger partial charge in [-0.05, 0) is 37.3 Å². The summed E-state index contributed by atoms with van der Waals surface area (Å²) in [5.41, 5.74) is 2.24. The molecule has 0 aliphatic rings. The molecule has 0 radical (unpaired) electrons. The highest BCUT2D eigenvalue weighted by atomic mass is 31.0. The van der Waals surface area contributed by atoms with Crippen molar-refractivity contribution < 1.29 is 0 Å². The molecule has 22 heavy (non-hydrogen) atoms. The first-order chi connectivity index (χ1) is 10.7. The van der Waals surface area contributed by atoms with Crippen LogP contribution in [0.2, 0.25) is 0 Å². The first-order valence-electron chi connectivity index (χ1n) is 7.77. The fraction of sp³-hybridized carbons (Fsp3) is 0.500. The Labute approximate surface area is 135 Å². The van der Waals surface area contributed by atoms with Crippen molar-refractivity contribution in [1.29, 1.82) is 0 Å². The third kappa shape index (κ3) is 6.68. The lowest BCUT2D eigenvalue weighted by atomic mass is 10.2. The van der Waals surface area contributed by atoms with Crippen molar-refractivity contribution in [3.63, 3.8) is 0 Å². The molecule has 0 aliphatic carbocycles. The zero-order valence-electron chi connectivity index (χ0n) is 13.3. The number of aromatic nitrogens is 2. The molecular weight excluding hydrogens is 310 g/mol. The summed E-state index contributed by atoms with van der Waals surface area (Å²) in [5.74, 6) is 0. The standard InChI is InChI=1S/C16H24N4P2/c1-13-9-19-15(21-13)11-17-7-5-3-4-6-8-18-12-16-20-10-14(2)22-16/h9-12,21-22H,3-8H2,1-2H3. The van der Waals surface area contributed by atoms with E-state index in [4.69, 9.17) is 0 Å². The Morgan fingerprint density at radius 2 is 1.27 bits per heavy atom. The van der Waals surface area contributed by atoms with Crippen LogP contribution in [-0.2, 0) is 0 Å². The number of nitrogens with zero attached hydrogens (tertiary/aromatic N) is 4. The third-order valence-electron chi connectivity index (χ3n) is 3.20. The van der Waals surface area contributed by atoms with Crippen LogP contribution in [0.4, 0.5) is 0 Å². The molecule has 2 unspecified atom stereocenters. The lowest BCUT2D eigenvalue weighted by Crippen LogP contribution is -1.87. The molecule has 0 aromatic carbocycles. The summed E-state index contributed by atoms with van der Waals surface area (Å²) >= 11 is 0. The van der Waals surface area contributed by atoms with Crippen molar-refractivity contribution in [3.05, 3.63) is 33.8 Å². The van der Waals surface area contributed by atoms with Gasteiger partial charge in [0, 0.05) is 25.5 Å². The van der Waals surface area contributed by atoms with Gasteiger partial charge in [0.15, 0.2) is 0 Å². The van der Waals surface area contributed by atoms with Crippen molar-refractivity contribution in [3.8, 4) is 0 Å². The van der Waals surface area contributed by atoms with E-state index in [9.17, 15) is 0 Å². The van der Waals surface area contributed by atoms with E-state index < -0.39 is 0 Å². The molecular formula is C16H24N4P2. The average Bonchev–Trinajstić information content (AvgIpc) is 3.09. The second kappa shape index (κ2) is 9.71. The molecule has 0 N–H and O–H groups in total. The van der Waals surface area contributed by atoms with Crippen LogP contribution in [0.3, 0.4) is 0 Å². The predicted octanol–water partition coefficient (Wildman–Crippen LogP) is 4.25. The summed E-state index contributed by atoms with van der Waals surface area (Å²) in [6.45, 7) is 6.05. The lowest BCUT2D eigenvalue weighted by Gasteiger charge is -1.96. The second-order valence-electron chi connectivity index (χ2n) is 5.39. The topological polar surface area (TPSA) is 50.5 Å². The lowest BCUT2D eigenvalue weighted by molar-refractivity contribution is 0.655. The summed E-state index contributed by atoms with van der Waals surface area (Å²) in [7, 11) is 1.44. The van der Waals surface area contributed by atoms with Crippen LogP contribution in [0.25, 0.3) is 0 Å². The molecule has 0 aliphatic heterocycles. The van der Waals surface area contributed by atoms with Crippen molar-refractivity contribution in [2.45, 2.75) is 39.5 Å². The van der Waals surface area contributed by atoms with Gasteiger partial charge < -0.3 is 0 Å². The molecule has 0 saturated carbocycles. The van der Waals surface area contributed by atoms with Gasteiger partial charge in [-0.3, -0.25) is 20.0 Å². The maximum Gasteiger partial charge on any atom is 0.0966 e. The first kappa shape index (κ1) is 17.1. The first-order valence-corrected chi connectivity index (χ1v) is 9.77. The number of hydrogen-bond donors (Lipinski definition) is 0. The van der Waals surface area contributed by atoms with Gasteiger partial charge in [0.05, 0.1) is 23.3 Å². The Hall–Kier alpha value is -1.24. The number of rotatable bonds is 9. The monoisotopic (exact) mass is 334 g/mol. The molecule has 2 rings (SSSR count). The molecule has 6 heteroatoms. The highest BCUT2D eigenvalue weighted by Crippen LogP contribution is 2.16. The Morgan fingerprint density at radius 1 is 0.818 bits per heavy atom. The van der Waals surface area contributed by atoms with E-state index in [1.54, 1.807) is 0 Å². The van der Waals surface area contributed by atoms with Gasteiger partial charge in [0.1, 0.15) is 0 Å². The highest BCUT2D eigenvalue weighted by molar-refractivity contribution is 7.33. The summed E-state index contributed by atoms with van der Waals surface area (Å²) in [6, 6.07) is 0. The maximum atomic E-state index is 4.45. The van der Waals surface area contributed by atoms with Gasteiger partial charge in [-0.1, -0.05) is 12.8 Å². The van der Waals surface area contributed by atoms with Crippen molar-refractivity contribution >= 4 is 28.8 Å². The third-order valence-corrected chi connectivity index (χ3v) is 5.27. The fourth-order valence-corrected chi connectivity index (χ4v) is 3.69. The zero-order chi connectivity index (χ0) is 15.6. The number of aliphatic imine (C=N–C) groups is 2. The van der Waals surface area contributed by atoms with E-state index >= 15 is 0 Å². The van der Waals surface area contributed by atoms with Gasteiger partial charge in [-0.15, -0.1) is 16.4 Å². The Morgan fingerprint density at radius 3 is 1.64 bits per heavy atom. The Balaban J connectivity index is 1.47. The molecule has 4 nitrogen and oxygen atoms in total. The van der Waals surface area contributed by atoms with Crippen LogP contribution in [0, 0.1) is 13.8 Å². The zero-order valence-corrected chi connectivity index (χ0v) is 15.3. The van der Waals surface area contributed by atoms with Crippen LogP contribution in [0.5, 0.6) is 0 Å². The normalized spacial score (nSPS) is 12.6. The van der Waals surface area contributed by atoms with E-state index in [0.29, 0.717) is 0 Å². The molecule has 118 valence electrons. The van der Waals surface area contributed by atoms with E-state index in [2.05, 4.69) is 33.8 Å². The van der Waals surface area contributed by atoms with Crippen molar-refractivity contribution in [2.24, 2.45) is 9.98 Å². The smallest absolute Gasteiger partial charge is 0.0966 e. The minimum Gasteiger partial charge on any atom is -0.291 e. The van der Waals surface area contributed by atoms with Crippen LogP contribution >= 0.6 is 16.4 Å². The summed E-state index contributed by atoms with van der Waals surface area (Å²) in [4.78, 5) is 17.5.